The molecule has 2 heterocycles. The molecule has 0 bridgehead atoms. The summed E-state index contributed by atoms with van der Waals surface area (Å²) in [5, 5.41) is 11.6. The molecule has 0 unspecified atom stereocenters. The number of nitrogens with one attached hydrogen (secondary N) is 1. The minimum Gasteiger partial charge on any atom is -0.406 e. The molecule has 33 heavy (non-hydrogen) atoms. The molecule has 0 aliphatic carbocycles. The van der Waals surface area contributed by atoms with Crippen LogP contribution < -0.4 is 15.0 Å². The Balaban J connectivity index is 1.55. The van der Waals surface area contributed by atoms with Gasteiger partial charge in [0, 0.05) is 36.8 Å². The zero-order valence-corrected chi connectivity index (χ0v) is 17.5. The van der Waals surface area contributed by atoms with Crippen molar-refractivity contribution in [3.8, 4) is 5.75 Å². The maximum Gasteiger partial charge on any atom is 0.573 e. The van der Waals surface area contributed by atoms with E-state index in [-0.39, 0.29) is 24.8 Å². The summed E-state index contributed by atoms with van der Waals surface area (Å²) in [5.41, 5.74) is 3.56. The summed E-state index contributed by atoms with van der Waals surface area (Å²) < 4.78 is 41.5. The van der Waals surface area contributed by atoms with Crippen LogP contribution >= 0.6 is 0 Å². The van der Waals surface area contributed by atoms with Gasteiger partial charge in [-0.05, 0) is 41.8 Å². The van der Waals surface area contributed by atoms with Crippen molar-refractivity contribution in [2.75, 3.05) is 24.6 Å². The number of alkyl halides is 3. The zero-order chi connectivity index (χ0) is 23.4. The van der Waals surface area contributed by atoms with Crippen LogP contribution in [0.1, 0.15) is 27.2 Å². The fraction of sp³-hybridized carbons (Fsp3) is 0.261. The number of carbonyl (C=O) groups excluding carboxylic acids is 1. The first kappa shape index (κ1) is 22.5. The second kappa shape index (κ2) is 9.45. The summed E-state index contributed by atoms with van der Waals surface area (Å²) in [7, 11) is 0. The van der Waals surface area contributed by atoms with Gasteiger partial charge in [-0.15, -0.1) is 13.2 Å². The van der Waals surface area contributed by atoms with Crippen molar-refractivity contribution in [1.82, 2.24) is 15.3 Å². The lowest BCUT2D eigenvalue weighted by atomic mass is 10.0. The van der Waals surface area contributed by atoms with Crippen LogP contribution in [0.15, 0.2) is 54.9 Å². The zero-order valence-electron chi connectivity index (χ0n) is 17.5. The van der Waals surface area contributed by atoms with Crippen LogP contribution in [0, 0.1) is 0 Å². The Morgan fingerprint density at radius 3 is 2.76 bits per heavy atom. The highest BCUT2D eigenvalue weighted by molar-refractivity contribution is 5.98. The van der Waals surface area contributed by atoms with Gasteiger partial charge in [0.25, 0.3) is 5.91 Å². The Labute approximate surface area is 187 Å². The number of nitrogens with zero attached hydrogens (tertiary/aromatic N) is 3. The minimum absolute atomic E-state index is 0.137. The molecular formula is C23H21F3N4O3. The lowest BCUT2D eigenvalue weighted by Gasteiger charge is -2.19. The van der Waals surface area contributed by atoms with Gasteiger partial charge in [-0.3, -0.25) is 4.79 Å². The van der Waals surface area contributed by atoms with Crippen LogP contribution in [0.4, 0.5) is 24.7 Å². The molecule has 0 saturated carbocycles. The number of carbonyl (C=O) groups is 1. The molecule has 0 radical (unpaired) electrons. The van der Waals surface area contributed by atoms with E-state index in [4.69, 9.17) is 5.11 Å². The number of rotatable bonds is 7. The van der Waals surface area contributed by atoms with E-state index in [0.717, 1.165) is 11.3 Å². The van der Waals surface area contributed by atoms with E-state index in [0.29, 0.717) is 42.0 Å². The van der Waals surface area contributed by atoms with E-state index < -0.39 is 6.36 Å². The summed E-state index contributed by atoms with van der Waals surface area (Å²) in [6.45, 7) is 0.656. The quantitative estimate of drug-likeness (QED) is 0.565. The number of hydrogen-bond donors (Lipinski definition) is 2. The number of aliphatic hydroxyl groups excluding tert-OH is 1. The third-order valence-electron chi connectivity index (χ3n) is 5.17. The van der Waals surface area contributed by atoms with Gasteiger partial charge >= 0.3 is 6.36 Å². The van der Waals surface area contributed by atoms with E-state index in [9.17, 15) is 18.0 Å². The van der Waals surface area contributed by atoms with Crippen molar-refractivity contribution < 1.29 is 27.8 Å². The van der Waals surface area contributed by atoms with Gasteiger partial charge in [-0.25, -0.2) is 9.97 Å². The third kappa shape index (κ3) is 5.40. The molecule has 1 aliphatic rings. The molecule has 0 atom stereocenters. The molecule has 0 saturated heterocycles. The van der Waals surface area contributed by atoms with Crippen LogP contribution in [-0.2, 0) is 12.8 Å². The average molecular weight is 458 g/mol. The lowest BCUT2D eigenvalue weighted by Crippen LogP contribution is -2.27. The summed E-state index contributed by atoms with van der Waals surface area (Å²) in [5.74, 6) is 0.108. The van der Waals surface area contributed by atoms with E-state index in [1.165, 1.54) is 24.5 Å². The van der Waals surface area contributed by atoms with Gasteiger partial charge in [0.05, 0.1) is 12.3 Å². The molecule has 172 valence electrons. The summed E-state index contributed by atoms with van der Waals surface area (Å²) in [6.07, 6.45) is -2.39. The smallest absolute Gasteiger partial charge is 0.406 e. The van der Waals surface area contributed by atoms with Crippen LogP contribution in [0.2, 0.25) is 0 Å². The Morgan fingerprint density at radius 1 is 1.15 bits per heavy atom. The largest absolute Gasteiger partial charge is 0.573 e. The highest BCUT2D eigenvalue weighted by Crippen LogP contribution is 2.35. The van der Waals surface area contributed by atoms with Gasteiger partial charge < -0.3 is 20.1 Å². The highest BCUT2D eigenvalue weighted by atomic mass is 19.4. The maximum absolute atomic E-state index is 12.5. The number of halogens is 3. The summed E-state index contributed by atoms with van der Waals surface area (Å²) >= 11 is 0. The molecule has 3 aromatic rings. The molecular weight excluding hydrogens is 437 g/mol. The maximum atomic E-state index is 12.5. The molecule has 2 N–H and O–H groups in total. The third-order valence-corrected chi connectivity index (χ3v) is 5.17. The van der Waals surface area contributed by atoms with Crippen molar-refractivity contribution in [1.29, 1.82) is 0 Å². The molecule has 1 aliphatic heterocycles. The first-order chi connectivity index (χ1) is 15.8. The first-order valence-electron chi connectivity index (χ1n) is 10.3. The summed E-state index contributed by atoms with van der Waals surface area (Å²) in [4.78, 5) is 23.0. The molecule has 7 nitrogen and oxygen atoms in total. The van der Waals surface area contributed by atoms with Gasteiger partial charge in [0.15, 0.2) is 0 Å². The topological polar surface area (TPSA) is 87.6 Å². The van der Waals surface area contributed by atoms with E-state index in [1.54, 1.807) is 24.3 Å². The normalized spacial score (nSPS) is 13.0. The standard InChI is InChI=1S/C23H21F3N4O3/c24-23(25,26)33-17-4-1-3-15(12-17)11-16-13-21(29-14-28-16)30-9-7-18-19(5-2-6-20(18)30)22(32)27-8-10-31/h1-6,12-14,31H,7-11H2,(H,27,32). The Kier molecular flexibility index (Phi) is 6.45. The number of ether oxygens (including phenoxy) is 1. The van der Waals surface area contributed by atoms with Gasteiger partial charge in [0.2, 0.25) is 0 Å². The van der Waals surface area contributed by atoms with Gasteiger partial charge in [-0.2, -0.15) is 0 Å². The fourth-order valence-corrected chi connectivity index (χ4v) is 3.84. The predicted molar refractivity (Wildman–Crippen MR) is 115 cm³/mol. The molecule has 2 aromatic carbocycles. The number of aliphatic hydroxyl groups is 1. The molecule has 4 rings (SSSR count). The number of hydrogen-bond acceptors (Lipinski definition) is 6. The molecule has 10 heteroatoms. The van der Waals surface area contributed by atoms with Crippen LogP contribution in [-0.4, -0.2) is 47.0 Å². The SMILES string of the molecule is O=C(NCCO)c1cccc2c1CCN2c1cc(Cc2cccc(OC(F)(F)F)c2)ncn1. The molecule has 1 amide bonds. The predicted octanol–water partition coefficient (Wildman–Crippen LogP) is 3.38. The van der Waals surface area contributed by atoms with Crippen molar-refractivity contribution >= 4 is 17.4 Å². The Bertz CT molecular complexity index is 1150. The van der Waals surface area contributed by atoms with Crippen molar-refractivity contribution in [3.63, 3.8) is 0 Å². The fourth-order valence-electron chi connectivity index (χ4n) is 3.84. The average Bonchev–Trinajstić information content (AvgIpc) is 3.21. The van der Waals surface area contributed by atoms with Gasteiger partial charge in [-0.1, -0.05) is 18.2 Å². The Morgan fingerprint density at radius 2 is 1.97 bits per heavy atom. The number of amides is 1. The van der Waals surface area contributed by atoms with E-state index in [1.807, 2.05) is 11.0 Å². The van der Waals surface area contributed by atoms with Crippen molar-refractivity contribution in [2.45, 2.75) is 19.2 Å². The van der Waals surface area contributed by atoms with E-state index in [2.05, 4.69) is 20.0 Å². The monoisotopic (exact) mass is 458 g/mol. The van der Waals surface area contributed by atoms with Crippen molar-refractivity contribution in [3.05, 3.63) is 77.2 Å². The van der Waals surface area contributed by atoms with E-state index >= 15 is 0 Å². The minimum atomic E-state index is -4.75. The van der Waals surface area contributed by atoms with Crippen molar-refractivity contribution in [2.24, 2.45) is 0 Å². The first-order valence-corrected chi connectivity index (χ1v) is 10.3. The second-order valence-corrected chi connectivity index (χ2v) is 7.42. The van der Waals surface area contributed by atoms with Crippen LogP contribution in [0.3, 0.4) is 0 Å². The highest BCUT2D eigenvalue weighted by Gasteiger charge is 2.31. The van der Waals surface area contributed by atoms with Gasteiger partial charge in [0.1, 0.15) is 17.9 Å². The van der Waals surface area contributed by atoms with Crippen LogP contribution in [0.25, 0.3) is 0 Å². The summed E-state index contributed by atoms with van der Waals surface area (Å²) in [6, 6.07) is 13.0. The Hall–Kier alpha value is -3.66. The van der Waals surface area contributed by atoms with Crippen LogP contribution in [0.5, 0.6) is 5.75 Å². The number of anilines is 2. The number of benzene rings is 2. The second-order valence-electron chi connectivity index (χ2n) is 7.42. The molecule has 0 spiro atoms. The number of aromatic nitrogens is 2. The lowest BCUT2D eigenvalue weighted by molar-refractivity contribution is -0.274. The molecule has 1 aromatic heterocycles. The molecule has 0 fully saturated rings. The number of fused-ring (bicyclic) bond motifs is 1.